The minimum Gasteiger partial charge on any atom is -0.356 e. The van der Waals surface area contributed by atoms with E-state index in [4.69, 9.17) is 0 Å². The van der Waals surface area contributed by atoms with Crippen molar-refractivity contribution >= 4 is 5.91 Å². The van der Waals surface area contributed by atoms with Gasteiger partial charge in [0.2, 0.25) is 5.91 Å². The van der Waals surface area contributed by atoms with Crippen LogP contribution in [0.25, 0.3) is 0 Å². The molecule has 0 aliphatic heterocycles. The molecule has 1 rings (SSSR count). The summed E-state index contributed by atoms with van der Waals surface area (Å²) in [6, 6.07) is 0. The molecule has 0 radical (unpaired) electrons. The highest BCUT2D eigenvalue weighted by molar-refractivity contribution is 5.75. The number of hydrogen-bond acceptors (Lipinski definition) is 3. The number of aryl methyl sites for hydroxylation is 2. The van der Waals surface area contributed by atoms with Crippen LogP contribution in [0.4, 0.5) is 0 Å². The summed E-state index contributed by atoms with van der Waals surface area (Å²) in [7, 11) is 0. The Kier molecular flexibility index (Phi) is 14.4. The predicted octanol–water partition coefficient (Wildman–Crippen LogP) is 2.56. The zero-order valence-corrected chi connectivity index (χ0v) is 12.7. The van der Waals surface area contributed by atoms with E-state index in [1.54, 1.807) is 4.68 Å². The van der Waals surface area contributed by atoms with E-state index in [1.807, 2.05) is 47.7 Å². The van der Waals surface area contributed by atoms with Crippen molar-refractivity contribution < 1.29 is 4.79 Å². The molecule has 18 heavy (non-hydrogen) atoms. The summed E-state index contributed by atoms with van der Waals surface area (Å²) in [5.74, 6) is 0.101. The molecule has 1 aromatic heterocycles. The molecule has 0 saturated heterocycles. The third-order valence-electron chi connectivity index (χ3n) is 1.82. The highest BCUT2D eigenvalue weighted by atomic mass is 16.1. The minimum absolute atomic E-state index is 0.101. The van der Waals surface area contributed by atoms with Gasteiger partial charge in [-0.1, -0.05) is 32.9 Å². The number of carbonyl (C=O) groups is 1. The third-order valence-corrected chi connectivity index (χ3v) is 1.82. The first-order valence-electron chi connectivity index (χ1n) is 6.86. The van der Waals surface area contributed by atoms with Crippen LogP contribution in [0, 0.1) is 6.92 Å². The number of amides is 1. The van der Waals surface area contributed by atoms with E-state index >= 15 is 0 Å². The Morgan fingerprint density at radius 3 is 2.39 bits per heavy atom. The van der Waals surface area contributed by atoms with Gasteiger partial charge in [-0.2, -0.15) is 0 Å². The molecule has 0 spiro atoms. The van der Waals surface area contributed by atoms with Crippen LogP contribution in [0.3, 0.4) is 0 Å². The number of hydrogen-bond donors (Lipinski definition) is 1. The standard InChI is InChI=1S/C9H16N4O.2C2H6/c1-3-10-9(14)5-4-6-13-7-8(2)11-12-13;2*1-2/h7H,3-6H2,1-2H3,(H,10,14);2*1-2H3. The van der Waals surface area contributed by atoms with Gasteiger partial charge in [-0.05, 0) is 20.3 Å². The quantitative estimate of drug-likeness (QED) is 0.880. The summed E-state index contributed by atoms with van der Waals surface area (Å²) >= 11 is 0. The van der Waals surface area contributed by atoms with Crippen LogP contribution in [0.1, 0.15) is 53.2 Å². The maximum atomic E-state index is 11.1. The van der Waals surface area contributed by atoms with Crippen LogP contribution in [-0.4, -0.2) is 27.4 Å². The second-order valence-corrected chi connectivity index (χ2v) is 3.18. The topological polar surface area (TPSA) is 59.8 Å². The lowest BCUT2D eigenvalue weighted by molar-refractivity contribution is -0.121. The molecule has 106 valence electrons. The maximum Gasteiger partial charge on any atom is 0.220 e. The van der Waals surface area contributed by atoms with Crippen molar-refractivity contribution in [2.45, 2.75) is 60.9 Å². The van der Waals surface area contributed by atoms with Crippen molar-refractivity contribution in [2.75, 3.05) is 6.54 Å². The van der Waals surface area contributed by atoms with E-state index in [0.717, 1.165) is 18.7 Å². The lowest BCUT2D eigenvalue weighted by Crippen LogP contribution is -2.22. The maximum absolute atomic E-state index is 11.1. The number of carbonyl (C=O) groups excluding carboxylic acids is 1. The molecule has 0 saturated carbocycles. The molecule has 1 heterocycles. The molecule has 0 fully saturated rings. The molecule has 0 aromatic carbocycles. The van der Waals surface area contributed by atoms with Gasteiger partial charge in [0, 0.05) is 25.7 Å². The van der Waals surface area contributed by atoms with Gasteiger partial charge in [-0.3, -0.25) is 9.48 Å². The van der Waals surface area contributed by atoms with Gasteiger partial charge in [0.25, 0.3) is 0 Å². The van der Waals surface area contributed by atoms with E-state index in [9.17, 15) is 4.79 Å². The van der Waals surface area contributed by atoms with Crippen molar-refractivity contribution in [2.24, 2.45) is 0 Å². The smallest absolute Gasteiger partial charge is 0.220 e. The van der Waals surface area contributed by atoms with E-state index in [-0.39, 0.29) is 5.91 Å². The molecule has 1 amide bonds. The van der Waals surface area contributed by atoms with Crippen molar-refractivity contribution in [1.82, 2.24) is 20.3 Å². The monoisotopic (exact) mass is 256 g/mol. The zero-order chi connectivity index (χ0) is 14.4. The van der Waals surface area contributed by atoms with E-state index in [2.05, 4.69) is 15.6 Å². The Balaban J connectivity index is 0. The molecule has 0 unspecified atom stereocenters. The average Bonchev–Trinajstić information content (AvgIpc) is 2.80. The molecule has 1 N–H and O–H groups in total. The van der Waals surface area contributed by atoms with Crippen LogP contribution in [-0.2, 0) is 11.3 Å². The third kappa shape index (κ3) is 9.81. The summed E-state index contributed by atoms with van der Waals surface area (Å²) in [5, 5.41) is 10.5. The normalized spacial score (nSPS) is 8.56. The summed E-state index contributed by atoms with van der Waals surface area (Å²) < 4.78 is 1.76. The van der Waals surface area contributed by atoms with Crippen molar-refractivity contribution in [3.8, 4) is 0 Å². The summed E-state index contributed by atoms with van der Waals surface area (Å²) in [6.07, 6.45) is 3.22. The van der Waals surface area contributed by atoms with Gasteiger partial charge >= 0.3 is 0 Å². The zero-order valence-electron chi connectivity index (χ0n) is 12.7. The van der Waals surface area contributed by atoms with E-state index < -0.39 is 0 Å². The van der Waals surface area contributed by atoms with Gasteiger partial charge in [-0.25, -0.2) is 0 Å². The van der Waals surface area contributed by atoms with Gasteiger partial charge in [0.1, 0.15) is 0 Å². The molecular weight excluding hydrogens is 228 g/mol. The fourth-order valence-corrected chi connectivity index (χ4v) is 1.19. The van der Waals surface area contributed by atoms with Gasteiger partial charge in [0.05, 0.1) is 5.69 Å². The van der Waals surface area contributed by atoms with Crippen LogP contribution in [0.2, 0.25) is 0 Å². The lowest BCUT2D eigenvalue weighted by Gasteiger charge is -2.01. The SMILES string of the molecule is CC.CC.CCNC(=O)CCCn1cc(C)nn1. The van der Waals surface area contributed by atoms with Crippen LogP contribution >= 0.6 is 0 Å². The molecule has 0 aliphatic carbocycles. The fraction of sp³-hybridized carbons (Fsp3) is 0.769. The average molecular weight is 256 g/mol. The molecule has 0 aliphatic rings. The largest absolute Gasteiger partial charge is 0.356 e. The summed E-state index contributed by atoms with van der Waals surface area (Å²) in [6.45, 7) is 13.3. The number of aromatic nitrogens is 3. The lowest BCUT2D eigenvalue weighted by atomic mass is 10.3. The van der Waals surface area contributed by atoms with Crippen LogP contribution in [0.5, 0.6) is 0 Å². The molecule has 5 nitrogen and oxygen atoms in total. The second kappa shape index (κ2) is 13.7. The van der Waals surface area contributed by atoms with Crippen molar-refractivity contribution in [3.05, 3.63) is 11.9 Å². The van der Waals surface area contributed by atoms with Crippen molar-refractivity contribution in [3.63, 3.8) is 0 Å². The number of rotatable bonds is 5. The Morgan fingerprint density at radius 2 is 1.94 bits per heavy atom. The second-order valence-electron chi connectivity index (χ2n) is 3.18. The van der Waals surface area contributed by atoms with Crippen LogP contribution < -0.4 is 5.32 Å². The van der Waals surface area contributed by atoms with Gasteiger partial charge < -0.3 is 5.32 Å². The molecule has 1 aromatic rings. The Morgan fingerprint density at radius 1 is 1.33 bits per heavy atom. The number of nitrogens with one attached hydrogen (secondary N) is 1. The van der Waals surface area contributed by atoms with Crippen molar-refractivity contribution in [1.29, 1.82) is 0 Å². The van der Waals surface area contributed by atoms with E-state index in [0.29, 0.717) is 13.0 Å². The summed E-state index contributed by atoms with van der Waals surface area (Å²) in [5.41, 5.74) is 0.906. The number of nitrogens with zero attached hydrogens (tertiary/aromatic N) is 3. The Labute approximate surface area is 111 Å². The molecule has 0 bridgehead atoms. The minimum atomic E-state index is 0.101. The van der Waals surface area contributed by atoms with E-state index in [1.165, 1.54) is 0 Å². The first-order valence-corrected chi connectivity index (χ1v) is 6.86. The van der Waals surface area contributed by atoms with Gasteiger partial charge in [0.15, 0.2) is 0 Å². The van der Waals surface area contributed by atoms with Gasteiger partial charge in [-0.15, -0.1) is 5.10 Å². The molecular formula is C13H28N4O. The Bertz CT molecular complexity index is 297. The fourth-order valence-electron chi connectivity index (χ4n) is 1.19. The Hall–Kier alpha value is -1.39. The predicted molar refractivity (Wildman–Crippen MR) is 75.4 cm³/mol. The molecule has 5 heteroatoms. The molecule has 0 atom stereocenters. The highest BCUT2D eigenvalue weighted by Gasteiger charge is 2.00. The first-order chi connectivity index (χ1) is 8.72. The highest BCUT2D eigenvalue weighted by Crippen LogP contribution is 1.95. The summed E-state index contributed by atoms with van der Waals surface area (Å²) in [4.78, 5) is 11.1. The first kappa shape index (κ1) is 19.0. The van der Waals surface area contributed by atoms with Crippen LogP contribution in [0.15, 0.2) is 6.20 Å².